The van der Waals surface area contributed by atoms with E-state index in [9.17, 15) is 14.7 Å². The molecule has 1 heterocycles. The number of ether oxygens (including phenoxy) is 1. The van der Waals surface area contributed by atoms with Crippen LogP contribution in [0.1, 0.15) is 30.9 Å². The fraction of sp³-hybridized carbons (Fsp3) is 0.286. The summed E-state index contributed by atoms with van der Waals surface area (Å²) in [4.78, 5) is 22.8. The molecule has 3 rings (SSSR count). The van der Waals surface area contributed by atoms with Crippen LogP contribution in [-0.4, -0.2) is 40.0 Å². The van der Waals surface area contributed by atoms with Crippen molar-refractivity contribution in [3.8, 4) is 11.1 Å². The van der Waals surface area contributed by atoms with E-state index >= 15 is 0 Å². The molecule has 0 fully saturated rings. The zero-order valence-electron chi connectivity index (χ0n) is 16.0. The maximum absolute atomic E-state index is 11.6. The smallest absolute Gasteiger partial charge is 0.277 e. The maximum Gasteiger partial charge on any atom is 0.277 e. The number of hydrazone groups is 1. The normalized spacial score (nSPS) is 15.8. The number of carbonyl (C=O) groups excluding carboxylic acids is 2. The molecule has 152 valence electrons. The second-order valence-electron chi connectivity index (χ2n) is 6.99. The predicted octanol–water partition coefficient (Wildman–Crippen LogP) is 1.74. The largest absolute Gasteiger partial charge is 0.393 e. The highest BCUT2D eigenvalue weighted by Gasteiger charge is 2.33. The van der Waals surface area contributed by atoms with Gasteiger partial charge in [0.1, 0.15) is 0 Å². The Kier molecular flexibility index (Phi) is 6.38. The standard InChI is InChI=1S/C21H23N3O5/c1-21(13-25,20(27)24-28)29-12-14-2-4-15(5-3-14)16-6-8-17(9-7-16)18-10-11-19(26)23-22-18/h2-9,25,28H,10-13H2,1H3,(H,23,26)(H,24,27). The van der Waals surface area contributed by atoms with Crippen LogP contribution in [0.5, 0.6) is 0 Å². The lowest BCUT2D eigenvalue weighted by Crippen LogP contribution is -2.48. The van der Waals surface area contributed by atoms with Crippen LogP contribution in [0.25, 0.3) is 11.1 Å². The van der Waals surface area contributed by atoms with Gasteiger partial charge in [-0.15, -0.1) is 0 Å². The third-order valence-electron chi connectivity index (χ3n) is 4.85. The summed E-state index contributed by atoms with van der Waals surface area (Å²) in [5.41, 5.74) is 7.18. The summed E-state index contributed by atoms with van der Waals surface area (Å²) in [6.07, 6.45) is 1.07. The van der Waals surface area contributed by atoms with Gasteiger partial charge in [-0.25, -0.2) is 10.9 Å². The first kappa shape index (κ1) is 20.7. The number of aliphatic hydroxyl groups is 1. The van der Waals surface area contributed by atoms with Crippen LogP contribution >= 0.6 is 0 Å². The Hall–Kier alpha value is -3.07. The van der Waals surface area contributed by atoms with E-state index in [1.54, 1.807) is 0 Å². The van der Waals surface area contributed by atoms with Gasteiger partial charge in [-0.2, -0.15) is 5.10 Å². The summed E-state index contributed by atoms with van der Waals surface area (Å²) >= 11 is 0. The average Bonchev–Trinajstić information content (AvgIpc) is 2.78. The molecule has 8 heteroatoms. The number of carbonyl (C=O) groups is 2. The molecule has 2 amide bonds. The van der Waals surface area contributed by atoms with Crippen LogP contribution in [0.15, 0.2) is 53.6 Å². The number of amides is 2. The predicted molar refractivity (Wildman–Crippen MR) is 106 cm³/mol. The monoisotopic (exact) mass is 397 g/mol. The van der Waals surface area contributed by atoms with Gasteiger partial charge in [0, 0.05) is 12.8 Å². The van der Waals surface area contributed by atoms with Crippen LogP contribution < -0.4 is 10.9 Å². The number of nitrogens with zero attached hydrogens (tertiary/aromatic N) is 1. The molecular formula is C21H23N3O5. The van der Waals surface area contributed by atoms with Gasteiger partial charge in [-0.3, -0.25) is 14.8 Å². The summed E-state index contributed by atoms with van der Waals surface area (Å²) in [5, 5.41) is 22.2. The number of benzene rings is 2. The fourth-order valence-corrected chi connectivity index (χ4v) is 2.87. The van der Waals surface area contributed by atoms with Crippen LogP contribution in [0.4, 0.5) is 0 Å². The van der Waals surface area contributed by atoms with E-state index in [-0.39, 0.29) is 12.5 Å². The highest BCUT2D eigenvalue weighted by Crippen LogP contribution is 2.22. The Morgan fingerprint density at radius 3 is 2.21 bits per heavy atom. The number of rotatable bonds is 7. The van der Waals surface area contributed by atoms with Crippen molar-refractivity contribution in [1.29, 1.82) is 0 Å². The average molecular weight is 397 g/mol. The molecule has 4 N–H and O–H groups in total. The SMILES string of the molecule is CC(CO)(OCc1ccc(-c2ccc(C3=NNC(=O)CC3)cc2)cc1)C(=O)NO. The van der Waals surface area contributed by atoms with Crippen LogP contribution in [0, 0.1) is 0 Å². The lowest BCUT2D eigenvalue weighted by Gasteiger charge is -2.25. The summed E-state index contributed by atoms with van der Waals surface area (Å²) in [5.74, 6) is -0.871. The Morgan fingerprint density at radius 1 is 1.10 bits per heavy atom. The van der Waals surface area contributed by atoms with Crippen molar-refractivity contribution < 1.29 is 24.6 Å². The number of hydrogen-bond donors (Lipinski definition) is 4. The van der Waals surface area contributed by atoms with Crippen LogP contribution in [0.2, 0.25) is 0 Å². The van der Waals surface area contributed by atoms with E-state index in [2.05, 4.69) is 10.5 Å². The third kappa shape index (κ3) is 4.86. The molecule has 0 saturated heterocycles. The topological polar surface area (TPSA) is 120 Å². The van der Waals surface area contributed by atoms with Crippen molar-refractivity contribution >= 4 is 17.5 Å². The molecule has 1 aliphatic rings. The minimum absolute atomic E-state index is 0.0641. The molecule has 8 nitrogen and oxygen atoms in total. The molecule has 0 radical (unpaired) electrons. The van der Waals surface area contributed by atoms with Crippen molar-refractivity contribution in [3.63, 3.8) is 0 Å². The highest BCUT2D eigenvalue weighted by molar-refractivity contribution is 6.04. The molecule has 2 aromatic rings. The second-order valence-corrected chi connectivity index (χ2v) is 6.99. The van der Waals surface area contributed by atoms with E-state index in [1.165, 1.54) is 12.4 Å². The first-order chi connectivity index (χ1) is 13.9. The molecule has 0 bridgehead atoms. The number of hydroxylamine groups is 1. The Balaban J connectivity index is 1.65. The summed E-state index contributed by atoms with van der Waals surface area (Å²) in [6, 6.07) is 15.6. The molecule has 1 aliphatic heterocycles. The Bertz CT molecular complexity index is 909. The van der Waals surface area contributed by atoms with Gasteiger partial charge in [0.15, 0.2) is 5.60 Å². The zero-order valence-corrected chi connectivity index (χ0v) is 16.0. The van der Waals surface area contributed by atoms with E-state index in [4.69, 9.17) is 9.94 Å². The van der Waals surface area contributed by atoms with Gasteiger partial charge in [0.05, 0.1) is 18.9 Å². The zero-order chi connectivity index (χ0) is 20.9. The van der Waals surface area contributed by atoms with Crippen LogP contribution in [0.3, 0.4) is 0 Å². The maximum atomic E-state index is 11.6. The lowest BCUT2D eigenvalue weighted by molar-refractivity contribution is -0.161. The van der Waals surface area contributed by atoms with E-state index in [1.807, 2.05) is 48.5 Å². The molecule has 0 spiro atoms. The van der Waals surface area contributed by atoms with Crippen LogP contribution in [-0.2, 0) is 20.9 Å². The first-order valence-corrected chi connectivity index (χ1v) is 9.20. The minimum Gasteiger partial charge on any atom is -0.393 e. The summed E-state index contributed by atoms with van der Waals surface area (Å²) in [6.45, 7) is 0.949. The number of hydrogen-bond acceptors (Lipinski definition) is 6. The van der Waals surface area contributed by atoms with Gasteiger partial charge in [-0.05, 0) is 29.2 Å². The van der Waals surface area contributed by atoms with Gasteiger partial charge in [0.25, 0.3) is 5.91 Å². The van der Waals surface area contributed by atoms with E-state index < -0.39 is 18.1 Å². The molecular weight excluding hydrogens is 374 g/mol. The minimum atomic E-state index is -1.52. The van der Waals surface area contributed by atoms with Crippen molar-refractivity contribution in [2.24, 2.45) is 5.10 Å². The Labute approximate surface area is 168 Å². The molecule has 0 aliphatic carbocycles. The van der Waals surface area contributed by atoms with Gasteiger partial charge in [-0.1, -0.05) is 48.5 Å². The van der Waals surface area contributed by atoms with Crippen molar-refractivity contribution in [2.75, 3.05) is 6.61 Å². The van der Waals surface area contributed by atoms with Crippen molar-refractivity contribution in [1.82, 2.24) is 10.9 Å². The molecule has 0 aromatic heterocycles. The molecule has 2 aromatic carbocycles. The molecule has 1 unspecified atom stereocenters. The molecule has 0 saturated carbocycles. The van der Waals surface area contributed by atoms with Crippen molar-refractivity contribution in [3.05, 3.63) is 59.7 Å². The second kappa shape index (κ2) is 8.95. The summed E-state index contributed by atoms with van der Waals surface area (Å²) < 4.78 is 5.49. The quantitative estimate of drug-likeness (QED) is 0.419. The van der Waals surface area contributed by atoms with Gasteiger partial charge < -0.3 is 9.84 Å². The Morgan fingerprint density at radius 2 is 1.69 bits per heavy atom. The summed E-state index contributed by atoms with van der Waals surface area (Å²) in [7, 11) is 0. The van der Waals surface area contributed by atoms with E-state index in [0.29, 0.717) is 12.8 Å². The first-order valence-electron chi connectivity index (χ1n) is 9.20. The van der Waals surface area contributed by atoms with E-state index in [0.717, 1.165) is 28.0 Å². The fourth-order valence-electron chi connectivity index (χ4n) is 2.87. The lowest BCUT2D eigenvalue weighted by atomic mass is 9.99. The highest BCUT2D eigenvalue weighted by atomic mass is 16.5. The number of aliphatic hydroxyl groups excluding tert-OH is 1. The molecule has 1 atom stereocenters. The molecule has 29 heavy (non-hydrogen) atoms. The van der Waals surface area contributed by atoms with Gasteiger partial charge in [0.2, 0.25) is 5.91 Å². The van der Waals surface area contributed by atoms with Crippen molar-refractivity contribution in [2.45, 2.75) is 32.0 Å². The number of nitrogens with one attached hydrogen (secondary N) is 2. The third-order valence-corrected chi connectivity index (χ3v) is 4.85. The van der Waals surface area contributed by atoms with Gasteiger partial charge >= 0.3 is 0 Å².